The summed E-state index contributed by atoms with van der Waals surface area (Å²) in [7, 11) is -4.63. The van der Waals surface area contributed by atoms with Crippen LogP contribution in [0.5, 0.6) is 0 Å². The minimum absolute atomic E-state index is 0. The van der Waals surface area contributed by atoms with Crippen molar-refractivity contribution < 1.29 is 64.4 Å². The van der Waals surface area contributed by atoms with E-state index in [9.17, 15) is 13.0 Å². The first-order valence-corrected chi connectivity index (χ1v) is 4.27. The van der Waals surface area contributed by atoms with Crippen molar-refractivity contribution in [2.45, 2.75) is 5.03 Å². The predicted molar refractivity (Wildman–Crippen MR) is 36.9 cm³/mol. The van der Waals surface area contributed by atoms with Crippen molar-refractivity contribution in [2.24, 2.45) is 0 Å². The van der Waals surface area contributed by atoms with E-state index in [0.717, 1.165) is 6.20 Å². The minimum Gasteiger partial charge on any atom is -0.743 e. The van der Waals surface area contributed by atoms with Crippen molar-refractivity contribution in [3.63, 3.8) is 0 Å². The van der Waals surface area contributed by atoms with Crippen molar-refractivity contribution >= 4 is 10.1 Å². The van der Waals surface area contributed by atoms with Crippen LogP contribution in [-0.4, -0.2) is 18.0 Å². The number of hydrogen-bond donors (Lipinski definition) is 0. The maximum Gasteiger partial charge on any atom is 1.00 e. The number of nitriles is 1. The molecule has 0 saturated heterocycles. The normalized spacial score (nSPS) is 9.85. The SMILES string of the molecule is N#Cc1cccnc1S(=O)(=O)[O-].[K+]. The summed E-state index contributed by atoms with van der Waals surface area (Å²) in [5, 5.41) is 7.67. The smallest absolute Gasteiger partial charge is 0.743 e. The number of nitrogens with zero attached hydrogens (tertiary/aromatic N) is 2. The second kappa shape index (κ2) is 5.16. The number of rotatable bonds is 1. The van der Waals surface area contributed by atoms with E-state index >= 15 is 0 Å². The van der Waals surface area contributed by atoms with Gasteiger partial charge in [0.1, 0.15) is 16.2 Å². The molecule has 7 heteroatoms. The predicted octanol–water partition coefficient (Wildman–Crippen LogP) is -3.14. The summed E-state index contributed by atoms with van der Waals surface area (Å²) >= 11 is 0. The molecule has 0 aliphatic carbocycles. The molecule has 1 aromatic rings. The molecular formula is C6H3KN2O3S. The molecule has 0 amide bonds. The third-order valence-corrected chi connectivity index (χ3v) is 1.93. The van der Waals surface area contributed by atoms with Crippen LogP contribution in [0.15, 0.2) is 23.4 Å². The molecule has 5 nitrogen and oxygen atoms in total. The summed E-state index contributed by atoms with van der Waals surface area (Å²) in [6, 6.07) is 4.16. The Hall–Kier alpha value is 0.186. The van der Waals surface area contributed by atoms with Crippen LogP contribution in [0, 0.1) is 11.3 Å². The van der Waals surface area contributed by atoms with Crippen LogP contribution in [0.1, 0.15) is 5.56 Å². The molecule has 0 aromatic carbocycles. The Bertz CT molecular complexity index is 437. The van der Waals surface area contributed by atoms with Crippen molar-refractivity contribution in [1.29, 1.82) is 5.26 Å². The van der Waals surface area contributed by atoms with Gasteiger partial charge < -0.3 is 4.55 Å². The van der Waals surface area contributed by atoms with E-state index < -0.39 is 15.1 Å². The largest absolute Gasteiger partial charge is 1.00 e. The molecule has 0 saturated carbocycles. The molecule has 0 atom stereocenters. The molecule has 1 rings (SSSR count). The van der Waals surface area contributed by atoms with Crippen LogP contribution in [0.4, 0.5) is 0 Å². The zero-order valence-corrected chi connectivity index (χ0v) is 10.7. The van der Waals surface area contributed by atoms with E-state index in [1.807, 2.05) is 0 Å². The van der Waals surface area contributed by atoms with Crippen molar-refractivity contribution in [3.05, 3.63) is 23.9 Å². The maximum absolute atomic E-state index is 10.4. The first-order valence-electron chi connectivity index (χ1n) is 2.86. The average Bonchev–Trinajstić information content (AvgIpc) is 2.03. The van der Waals surface area contributed by atoms with E-state index in [0.29, 0.717) is 0 Å². The summed E-state index contributed by atoms with van der Waals surface area (Å²) in [6.07, 6.45) is 1.14. The summed E-state index contributed by atoms with van der Waals surface area (Å²) in [6.45, 7) is 0. The van der Waals surface area contributed by atoms with Crippen molar-refractivity contribution in [1.82, 2.24) is 4.98 Å². The molecule has 0 unspecified atom stereocenters. The summed E-state index contributed by atoms with van der Waals surface area (Å²) in [5.74, 6) is 0. The third-order valence-electron chi connectivity index (χ3n) is 1.13. The molecule has 0 bridgehead atoms. The van der Waals surface area contributed by atoms with Gasteiger partial charge in [-0.05, 0) is 12.1 Å². The Labute approximate surface area is 118 Å². The second-order valence-electron chi connectivity index (χ2n) is 1.92. The second-order valence-corrected chi connectivity index (χ2v) is 3.22. The minimum atomic E-state index is -4.63. The summed E-state index contributed by atoms with van der Waals surface area (Å²) < 4.78 is 31.3. The molecule has 13 heavy (non-hydrogen) atoms. The summed E-state index contributed by atoms with van der Waals surface area (Å²) in [5.41, 5.74) is -0.229. The monoisotopic (exact) mass is 222 g/mol. The van der Waals surface area contributed by atoms with Crippen LogP contribution in [0.25, 0.3) is 0 Å². The average molecular weight is 222 g/mol. The molecule has 0 aliphatic rings. The Morgan fingerprint density at radius 2 is 2.15 bits per heavy atom. The molecule has 0 N–H and O–H groups in total. The van der Waals surface area contributed by atoms with Gasteiger partial charge in [0.15, 0.2) is 5.03 Å². The number of aromatic nitrogens is 1. The molecule has 1 heterocycles. The Balaban J connectivity index is 0.00000144. The fraction of sp³-hybridized carbons (Fsp3) is 0. The Morgan fingerprint density at radius 3 is 2.54 bits per heavy atom. The van der Waals surface area contributed by atoms with Crippen LogP contribution in [0.3, 0.4) is 0 Å². The van der Waals surface area contributed by atoms with Gasteiger partial charge >= 0.3 is 51.4 Å². The quantitative estimate of drug-likeness (QED) is 0.370. The number of pyridine rings is 1. The molecule has 62 valence electrons. The van der Waals surface area contributed by atoms with Gasteiger partial charge in [0.25, 0.3) is 0 Å². The van der Waals surface area contributed by atoms with E-state index in [-0.39, 0.29) is 56.9 Å². The van der Waals surface area contributed by atoms with Crippen molar-refractivity contribution in [3.8, 4) is 6.07 Å². The number of hydrogen-bond acceptors (Lipinski definition) is 5. The van der Waals surface area contributed by atoms with Gasteiger partial charge in [0.05, 0.1) is 5.56 Å². The maximum atomic E-state index is 10.4. The van der Waals surface area contributed by atoms with Crippen LogP contribution < -0.4 is 51.4 Å². The first kappa shape index (κ1) is 13.2. The van der Waals surface area contributed by atoms with E-state index in [4.69, 9.17) is 5.26 Å². The molecule has 0 fully saturated rings. The van der Waals surface area contributed by atoms with E-state index in [1.54, 1.807) is 6.07 Å². The third kappa shape index (κ3) is 3.44. The fourth-order valence-electron chi connectivity index (χ4n) is 0.675. The molecular weight excluding hydrogens is 219 g/mol. The van der Waals surface area contributed by atoms with Crippen molar-refractivity contribution in [2.75, 3.05) is 0 Å². The topological polar surface area (TPSA) is 93.9 Å². The Kier molecular flexibility index (Phi) is 5.24. The summed E-state index contributed by atoms with van der Waals surface area (Å²) in [4.78, 5) is 3.30. The zero-order valence-electron chi connectivity index (χ0n) is 6.76. The van der Waals surface area contributed by atoms with Crippen LogP contribution >= 0.6 is 0 Å². The van der Waals surface area contributed by atoms with Gasteiger partial charge in [-0.2, -0.15) is 5.26 Å². The van der Waals surface area contributed by atoms with Gasteiger partial charge in [0.2, 0.25) is 0 Å². The van der Waals surface area contributed by atoms with E-state index in [2.05, 4.69) is 4.98 Å². The van der Waals surface area contributed by atoms with Gasteiger partial charge in [0, 0.05) is 6.20 Å². The molecule has 1 aromatic heterocycles. The Morgan fingerprint density at radius 1 is 1.54 bits per heavy atom. The van der Waals surface area contributed by atoms with Gasteiger partial charge in [-0.15, -0.1) is 0 Å². The van der Waals surface area contributed by atoms with Gasteiger partial charge in [-0.3, -0.25) is 0 Å². The van der Waals surface area contributed by atoms with Gasteiger partial charge in [-0.1, -0.05) is 0 Å². The molecule has 0 radical (unpaired) electrons. The van der Waals surface area contributed by atoms with Gasteiger partial charge in [-0.25, -0.2) is 13.4 Å². The van der Waals surface area contributed by atoms with E-state index in [1.165, 1.54) is 12.1 Å². The molecule has 0 aliphatic heterocycles. The fourth-order valence-corrected chi connectivity index (χ4v) is 1.25. The van der Waals surface area contributed by atoms with Crippen LogP contribution in [-0.2, 0) is 10.1 Å². The first-order chi connectivity index (χ1) is 5.55. The molecule has 0 spiro atoms. The zero-order chi connectivity index (χ0) is 9.19. The van der Waals surface area contributed by atoms with Crippen LogP contribution in [0.2, 0.25) is 0 Å². The standard InChI is InChI=1S/C6H4N2O3S.K/c7-4-5-2-1-3-8-6(5)12(9,10)11;/h1-3H,(H,9,10,11);/q;+1/p-1.